The molecule has 0 aliphatic rings. The first-order valence-corrected chi connectivity index (χ1v) is 6.76. The Bertz CT molecular complexity index is 487. The van der Waals surface area contributed by atoms with E-state index in [1.165, 1.54) is 0 Å². The van der Waals surface area contributed by atoms with E-state index in [1.807, 2.05) is 57.2 Å². The number of aryl methyl sites for hydroxylation is 1. The van der Waals surface area contributed by atoms with E-state index in [0.717, 1.165) is 12.1 Å². The van der Waals surface area contributed by atoms with Gasteiger partial charge >= 0.3 is 0 Å². The number of hydrogen-bond acceptors (Lipinski definition) is 1. The summed E-state index contributed by atoms with van der Waals surface area (Å²) < 4.78 is 4.11. The van der Waals surface area contributed by atoms with Gasteiger partial charge in [-0.05, 0) is 17.1 Å². The van der Waals surface area contributed by atoms with Crippen LogP contribution in [-0.4, -0.2) is 10.4 Å². The average Bonchev–Trinajstić information content (AvgIpc) is 2.60. The Kier molecular flexibility index (Phi) is 6.40. The molecule has 3 nitrogen and oxygen atoms in total. The predicted octanol–water partition coefficient (Wildman–Crippen LogP) is -0.0957. The number of hydrogen-bond donors (Lipinski definition) is 0. The normalized spacial score (nSPS) is 13.1. The fraction of sp³-hybridized carbons (Fsp3) is 0.625. The van der Waals surface area contributed by atoms with Gasteiger partial charge in [0, 0.05) is 5.41 Å². The molecule has 0 saturated heterocycles. The van der Waals surface area contributed by atoms with Crippen molar-refractivity contribution in [2.75, 3.05) is 0 Å². The number of imidazole rings is 1. The molecule has 0 bridgehead atoms. The second-order valence-electron chi connectivity index (χ2n) is 7.29. The van der Waals surface area contributed by atoms with Gasteiger partial charge in [0.25, 0.3) is 0 Å². The fourth-order valence-corrected chi connectivity index (χ4v) is 1.67. The molecular weight excluding hydrogens is 316 g/mol. The molecule has 0 spiro atoms. The van der Waals surface area contributed by atoms with E-state index in [4.69, 9.17) is 0 Å². The van der Waals surface area contributed by atoms with Crippen LogP contribution in [-0.2, 0) is 18.4 Å². The van der Waals surface area contributed by atoms with Crippen LogP contribution in [0.2, 0.25) is 0 Å². The molecule has 1 heterocycles. The van der Waals surface area contributed by atoms with E-state index in [1.54, 1.807) is 0 Å². The molecule has 1 rings (SSSR count). The van der Waals surface area contributed by atoms with Crippen LogP contribution in [0.3, 0.4) is 0 Å². The molecule has 0 saturated carbocycles. The zero-order valence-electron chi connectivity index (χ0n) is 13.7. The smallest absolute Gasteiger partial charge is 0.243 e. The summed E-state index contributed by atoms with van der Waals surface area (Å²) in [7, 11) is 2.00. The van der Waals surface area contributed by atoms with Crippen molar-refractivity contribution in [2.24, 2.45) is 17.9 Å². The van der Waals surface area contributed by atoms with E-state index in [-0.39, 0.29) is 33.6 Å². The lowest BCUT2D eigenvalue weighted by Gasteiger charge is -2.23. The Hall–Kier alpha value is -0.900. The maximum atomic E-state index is 12.2. The lowest BCUT2D eigenvalue weighted by molar-refractivity contribution is -0.671. The maximum Gasteiger partial charge on any atom is 0.243 e. The van der Waals surface area contributed by atoms with E-state index >= 15 is 0 Å². The Morgan fingerprint density at radius 3 is 2.05 bits per heavy atom. The number of ketones is 1. The van der Waals surface area contributed by atoms with Gasteiger partial charge in [-0.25, -0.2) is 9.13 Å². The topological polar surface area (TPSA) is 25.9 Å². The van der Waals surface area contributed by atoms with Gasteiger partial charge in [-0.2, -0.15) is 0 Å². The number of allylic oxidation sites excluding steroid dienone is 2. The Morgan fingerprint density at radius 2 is 1.70 bits per heavy atom. The average molecular weight is 343 g/mol. The van der Waals surface area contributed by atoms with Gasteiger partial charge in [0.1, 0.15) is 18.9 Å². The monoisotopic (exact) mass is 342 g/mol. The molecule has 0 aromatic carbocycles. The summed E-state index contributed by atoms with van der Waals surface area (Å²) >= 11 is 0. The van der Waals surface area contributed by atoms with Crippen LogP contribution in [0.1, 0.15) is 41.5 Å². The molecule has 0 N–H and O–H groups in total. The molecule has 0 radical (unpaired) electrons. The summed E-state index contributed by atoms with van der Waals surface area (Å²) in [4.78, 5) is 12.2. The van der Waals surface area contributed by atoms with Gasteiger partial charge in [-0.1, -0.05) is 41.5 Å². The molecule has 0 unspecified atom stereocenters. The van der Waals surface area contributed by atoms with Crippen LogP contribution >= 0.6 is 0 Å². The molecule has 114 valence electrons. The number of carbonyl (C=O) groups is 1. The number of aromatic nitrogens is 2. The molecule has 1 aromatic heterocycles. The van der Waals surface area contributed by atoms with Gasteiger partial charge in [0.15, 0.2) is 5.78 Å². The highest BCUT2D eigenvalue weighted by Gasteiger charge is 2.25. The zero-order valence-corrected chi connectivity index (χ0v) is 15.3. The summed E-state index contributed by atoms with van der Waals surface area (Å²) in [5, 5.41) is 0. The zero-order chi connectivity index (χ0) is 14.8. The van der Waals surface area contributed by atoms with Crippen LogP contribution in [0.4, 0.5) is 0 Å². The van der Waals surface area contributed by atoms with Crippen molar-refractivity contribution in [3.63, 3.8) is 0 Å². The third kappa shape index (κ3) is 5.61. The SMILES string of the molecule is C[n+]1ccn(C/C(=C\C(=O)C(C)(C)C)C(C)(C)C)c1.[Br-]. The summed E-state index contributed by atoms with van der Waals surface area (Å²) in [6.45, 7) is 13.1. The van der Waals surface area contributed by atoms with Gasteiger partial charge in [0.05, 0.1) is 7.05 Å². The Morgan fingerprint density at radius 1 is 1.15 bits per heavy atom. The molecule has 20 heavy (non-hydrogen) atoms. The third-order valence-electron chi connectivity index (χ3n) is 3.18. The van der Waals surface area contributed by atoms with E-state index in [0.29, 0.717) is 0 Å². The summed E-state index contributed by atoms with van der Waals surface area (Å²) in [6.07, 6.45) is 7.90. The van der Waals surface area contributed by atoms with Crippen molar-refractivity contribution >= 4 is 5.78 Å². The highest BCUT2D eigenvalue weighted by Crippen LogP contribution is 2.28. The second-order valence-corrected chi connectivity index (χ2v) is 7.29. The van der Waals surface area contributed by atoms with E-state index < -0.39 is 0 Å². The minimum Gasteiger partial charge on any atom is -1.00 e. The van der Waals surface area contributed by atoms with Crippen molar-refractivity contribution < 1.29 is 26.3 Å². The largest absolute Gasteiger partial charge is 1.00 e. The molecule has 0 atom stereocenters. The van der Waals surface area contributed by atoms with Crippen LogP contribution in [0.15, 0.2) is 30.4 Å². The number of carbonyl (C=O) groups excluding carboxylic acids is 1. The lowest BCUT2D eigenvalue weighted by Crippen LogP contribution is -3.00. The van der Waals surface area contributed by atoms with Crippen molar-refractivity contribution in [1.29, 1.82) is 0 Å². The van der Waals surface area contributed by atoms with Crippen LogP contribution < -0.4 is 21.5 Å². The van der Waals surface area contributed by atoms with E-state index in [9.17, 15) is 4.79 Å². The molecular formula is C16H27BrN2O. The number of nitrogens with zero attached hydrogens (tertiary/aromatic N) is 2. The molecule has 1 aromatic rings. The highest BCUT2D eigenvalue weighted by atomic mass is 79.9. The lowest BCUT2D eigenvalue weighted by atomic mass is 9.82. The first-order chi connectivity index (χ1) is 8.50. The molecule has 0 amide bonds. The second kappa shape index (κ2) is 6.70. The third-order valence-corrected chi connectivity index (χ3v) is 3.18. The minimum atomic E-state index is -0.322. The minimum absolute atomic E-state index is 0. The summed E-state index contributed by atoms with van der Waals surface area (Å²) in [5.74, 6) is 0.189. The van der Waals surface area contributed by atoms with Gasteiger partial charge in [-0.3, -0.25) is 4.79 Å². The first kappa shape index (κ1) is 19.1. The number of halogens is 1. The van der Waals surface area contributed by atoms with Crippen LogP contribution in [0, 0.1) is 10.8 Å². The fourth-order valence-electron chi connectivity index (χ4n) is 1.67. The number of rotatable bonds is 3. The summed E-state index contributed by atoms with van der Waals surface area (Å²) in [5.41, 5.74) is 0.824. The van der Waals surface area contributed by atoms with Gasteiger partial charge in [-0.15, -0.1) is 0 Å². The summed E-state index contributed by atoms with van der Waals surface area (Å²) in [6, 6.07) is 0. The van der Waals surface area contributed by atoms with Crippen molar-refractivity contribution in [3.8, 4) is 0 Å². The van der Waals surface area contributed by atoms with Gasteiger partial charge in [0.2, 0.25) is 6.33 Å². The maximum absolute atomic E-state index is 12.2. The van der Waals surface area contributed by atoms with Gasteiger partial charge < -0.3 is 17.0 Å². The first-order valence-electron chi connectivity index (χ1n) is 6.76. The van der Waals surface area contributed by atoms with E-state index in [2.05, 4.69) is 25.3 Å². The highest BCUT2D eigenvalue weighted by molar-refractivity contribution is 5.94. The van der Waals surface area contributed by atoms with Crippen LogP contribution in [0.25, 0.3) is 0 Å². The predicted molar refractivity (Wildman–Crippen MR) is 77.6 cm³/mol. The van der Waals surface area contributed by atoms with Crippen molar-refractivity contribution in [1.82, 2.24) is 4.57 Å². The van der Waals surface area contributed by atoms with Crippen LogP contribution in [0.5, 0.6) is 0 Å². The molecule has 4 heteroatoms. The van der Waals surface area contributed by atoms with Crippen molar-refractivity contribution in [2.45, 2.75) is 48.1 Å². The Balaban J connectivity index is 0.00000361. The molecule has 0 fully saturated rings. The van der Waals surface area contributed by atoms with Crippen molar-refractivity contribution in [3.05, 3.63) is 30.4 Å². The molecule has 0 aliphatic carbocycles. The molecule has 0 aliphatic heterocycles. The Labute approximate surface area is 133 Å². The standard InChI is InChI=1S/C16H27N2O.BrH/c1-15(2,3)13(10-14(19)16(4,5)6)11-18-9-8-17(7)12-18;/h8-10,12H,11H2,1-7H3;1H/q+1;/p-1/b13-10+;. The quantitative estimate of drug-likeness (QED) is 0.556.